The molecule has 4 nitrogen and oxygen atoms in total. The fourth-order valence-corrected chi connectivity index (χ4v) is 3.37. The molecule has 1 aromatic carbocycles. The maximum absolute atomic E-state index is 14.0. The first-order chi connectivity index (χ1) is 9.59. The first-order valence-electron chi connectivity index (χ1n) is 6.88. The molecule has 0 bridgehead atoms. The van der Waals surface area contributed by atoms with Crippen LogP contribution in [0.2, 0.25) is 0 Å². The zero-order valence-corrected chi connectivity index (χ0v) is 13.6. The third-order valence-electron chi connectivity index (χ3n) is 3.92. The van der Waals surface area contributed by atoms with Crippen molar-refractivity contribution in [3.8, 4) is 0 Å². The Labute approximate surface area is 126 Å². The lowest BCUT2D eigenvalue weighted by atomic mass is 9.78. The number of aliphatic hydroxyl groups is 1. The molecule has 0 aliphatic heterocycles. The molecule has 1 atom stereocenters. The number of nitrogens with two attached hydrogens (primary N) is 1. The van der Waals surface area contributed by atoms with Gasteiger partial charge < -0.3 is 10.8 Å². The molecule has 1 unspecified atom stereocenters. The molecule has 0 radical (unpaired) electrons. The highest BCUT2D eigenvalue weighted by molar-refractivity contribution is 7.92. The van der Waals surface area contributed by atoms with Crippen LogP contribution in [0, 0.1) is 5.82 Å². The van der Waals surface area contributed by atoms with Crippen molar-refractivity contribution in [1.82, 2.24) is 0 Å². The molecule has 0 saturated heterocycles. The standard InChI is InChI=1S/C15H24FNO3S/c1-14(2,3)21(19,20)9-8-15(10-17,11-18)12-6-4-5-7-13(12)16/h4-7,18H,8-11,17H2,1-3H3. The third-order valence-corrected chi connectivity index (χ3v) is 6.53. The number of halogens is 1. The summed E-state index contributed by atoms with van der Waals surface area (Å²) in [6.07, 6.45) is 0.0839. The van der Waals surface area contributed by atoms with E-state index in [0.29, 0.717) is 0 Å². The Balaban J connectivity index is 3.12. The van der Waals surface area contributed by atoms with Crippen molar-refractivity contribution >= 4 is 9.84 Å². The van der Waals surface area contributed by atoms with Crippen molar-refractivity contribution < 1.29 is 17.9 Å². The van der Waals surface area contributed by atoms with Gasteiger partial charge in [-0.1, -0.05) is 18.2 Å². The zero-order chi connectivity index (χ0) is 16.3. The molecule has 6 heteroatoms. The highest BCUT2D eigenvalue weighted by Crippen LogP contribution is 2.31. The van der Waals surface area contributed by atoms with E-state index in [2.05, 4.69) is 0 Å². The van der Waals surface area contributed by atoms with E-state index in [4.69, 9.17) is 5.73 Å². The number of rotatable bonds is 6. The number of hydrogen-bond acceptors (Lipinski definition) is 4. The fraction of sp³-hybridized carbons (Fsp3) is 0.600. The number of hydrogen-bond donors (Lipinski definition) is 2. The average molecular weight is 317 g/mol. The molecule has 21 heavy (non-hydrogen) atoms. The summed E-state index contributed by atoms with van der Waals surface area (Å²) in [7, 11) is -3.36. The van der Waals surface area contributed by atoms with Crippen molar-refractivity contribution in [2.24, 2.45) is 5.73 Å². The predicted molar refractivity (Wildman–Crippen MR) is 82.4 cm³/mol. The summed E-state index contributed by atoms with van der Waals surface area (Å²) in [4.78, 5) is 0. The fourth-order valence-electron chi connectivity index (χ4n) is 2.10. The molecule has 1 rings (SSSR count). The van der Waals surface area contributed by atoms with Crippen LogP contribution in [0.25, 0.3) is 0 Å². The Morgan fingerprint density at radius 2 is 1.81 bits per heavy atom. The van der Waals surface area contributed by atoms with Gasteiger partial charge in [-0.05, 0) is 38.8 Å². The van der Waals surface area contributed by atoms with Crippen LogP contribution in [0.4, 0.5) is 4.39 Å². The van der Waals surface area contributed by atoms with Crippen LogP contribution in [-0.2, 0) is 15.3 Å². The van der Waals surface area contributed by atoms with E-state index < -0.39 is 32.4 Å². The third kappa shape index (κ3) is 3.81. The number of aliphatic hydroxyl groups excluding tert-OH is 1. The summed E-state index contributed by atoms with van der Waals surface area (Å²) in [5, 5.41) is 9.71. The quantitative estimate of drug-likeness (QED) is 0.835. The average Bonchev–Trinajstić information content (AvgIpc) is 2.41. The molecule has 0 fully saturated rings. The minimum absolute atomic E-state index is 0.0237. The number of benzene rings is 1. The van der Waals surface area contributed by atoms with E-state index in [-0.39, 0.29) is 24.3 Å². The Morgan fingerprint density at radius 3 is 2.24 bits per heavy atom. The molecule has 0 aliphatic rings. The lowest BCUT2D eigenvalue weighted by Gasteiger charge is -2.32. The van der Waals surface area contributed by atoms with Gasteiger partial charge in [0.05, 0.1) is 17.1 Å². The van der Waals surface area contributed by atoms with Crippen LogP contribution >= 0.6 is 0 Å². The molecule has 3 N–H and O–H groups in total. The minimum atomic E-state index is -3.36. The van der Waals surface area contributed by atoms with Gasteiger partial charge in [0, 0.05) is 12.0 Å². The van der Waals surface area contributed by atoms with E-state index in [1.165, 1.54) is 6.07 Å². The molecule has 0 saturated carbocycles. The Hall–Kier alpha value is -0.980. The van der Waals surface area contributed by atoms with E-state index in [1.54, 1.807) is 39.0 Å². The van der Waals surface area contributed by atoms with Gasteiger partial charge in [-0.15, -0.1) is 0 Å². The van der Waals surface area contributed by atoms with Gasteiger partial charge in [0.1, 0.15) is 5.82 Å². The van der Waals surface area contributed by atoms with Gasteiger partial charge in [-0.2, -0.15) is 0 Å². The van der Waals surface area contributed by atoms with Gasteiger partial charge in [0.15, 0.2) is 9.84 Å². The molecule has 0 aromatic heterocycles. The van der Waals surface area contributed by atoms with Crippen molar-refractivity contribution in [2.75, 3.05) is 18.9 Å². The molecule has 0 spiro atoms. The van der Waals surface area contributed by atoms with Crippen LogP contribution in [0.15, 0.2) is 24.3 Å². The summed E-state index contributed by atoms with van der Waals surface area (Å²) in [5.41, 5.74) is 4.92. The van der Waals surface area contributed by atoms with Gasteiger partial charge >= 0.3 is 0 Å². The maximum Gasteiger partial charge on any atom is 0.155 e. The van der Waals surface area contributed by atoms with Crippen molar-refractivity contribution in [3.05, 3.63) is 35.6 Å². The molecule has 0 amide bonds. The van der Waals surface area contributed by atoms with E-state index in [9.17, 15) is 17.9 Å². The molecular weight excluding hydrogens is 293 g/mol. The monoisotopic (exact) mass is 317 g/mol. The largest absolute Gasteiger partial charge is 0.395 e. The zero-order valence-electron chi connectivity index (χ0n) is 12.8. The summed E-state index contributed by atoms with van der Waals surface area (Å²) in [6, 6.07) is 6.02. The second-order valence-corrected chi connectivity index (χ2v) is 9.17. The predicted octanol–water partition coefficient (Wildman–Crippen LogP) is 1.62. The Kier molecular flexibility index (Phi) is 5.52. The van der Waals surface area contributed by atoms with Crippen LogP contribution in [-0.4, -0.2) is 37.2 Å². The summed E-state index contributed by atoms with van der Waals surface area (Å²) in [6.45, 7) is 4.44. The lowest BCUT2D eigenvalue weighted by molar-refractivity contribution is 0.189. The van der Waals surface area contributed by atoms with Crippen molar-refractivity contribution in [1.29, 1.82) is 0 Å². The smallest absolute Gasteiger partial charge is 0.155 e. The van der Waals surface area contributed by atoms with Crippen LogP contribution < -0.4 is 5.73 Å². The first-order valence-corrected chi connectivity index (χ1v) is 8.53. The van der Waals surface area contributed by atoms with Crippen molar-refractivity contribution in [2.45, 2.75) is 37.4 Å². The highest BCUT2D eigenvalue weighted by Gasteiger charge is 2.37. The summed E-state index contributed by atoms with van der Waals surface area (Å²) >= 11 is 0. The summed E-state index contributed by atoms with van der Waals surface area (Å²) < 4.78 is 37.6. The second-order valence-electron chi connectivity index (χ2n) is 6.30. The van der Waals surface area contributed by atoms with E-state index in [1.807, 2.05) is 0 Å². The Bertz CT molecular complexity index is 575. The van der Waals surface area contributed by atoms with Crippen LogP contribution in [0.5, 0.6) is 0 Å². The van der Waals surface area contributed by atoms with Gasteiger partial charge in [-0.3, -0.25) is 0 Å². The molecule has 0 aliphatic carbocycles. The molecule has 0 heterocycles. The first kappa shape index (κ1) is 18.1. The highest BCUT2D eigenvalue weighted by atomic mass is 32.2. The molecule has 1 aromatic rings. The minimum Gasteiger partial charge on any atom is -0.395 e. The normalized spacial score (nSPS) is 15.7. The molecular formula is C15H24FNO3S. The van der Waals surface area contributed by atoms with E-state index >= 15 is 0 Å². The lowest BCUT2D eigenvalue weighted by Crippen LogP contribution is -2.43. The SMILES string of the molecule is CC(C)(C)S(=O)(=O)CCC(CN)(CO)c1ccccc1F. The topological polar surface area (TPSA) is 80.4 Å². The van der Waals surface area contributed by atoms with E-state index in [0.717, 1.165) is 0 Å². The Morgan fingerprint density at radius 1 is 1.24 bits per heavy atom. The summed E-state index contributed by atoms with van der Waals surface area (Å²) in [5.74, 6) is -0.632. The maximum atomic E-state index is 14.0. The second kappa shape index (κ2) is 6.42. The van der Waals surface area contributed by atoms with Gasteiger partial charge in [-0.25, -0.2) is 12.8 Å². The molecule has 120 valence electrons. The van der Waals surface area contributed by atoms with Crippen molar-refractivity contribution in [3.63, 3.8) is 0 Å². The van der Waals surface area contributed by atoms with Gasteiger partial charge in [0.25, 0.3) is 0 Å². The van der Waals surface area contributed by atoms with Gasteiger partial charge in [0.2, 0.25) is 0 Å². The van der Waals surface area contributed by atoms with Crippen LogP contribution in [0.3, 0.4) is 0 Å². The number of sulfone groups is 1. The van der Waals surface area contributed by atoms with Crippen LogP contribution in [0.1, 0.15) is 32.8 Å².